The Morgan fingerprint density at radius 1 is 1.25 bits per heavy atom. The standard InChI is InChI=1S/C18H26N4O2/c1-13-6-8-22(9-7-13)12-15-5-3-2-4-14(15)10-19-17(23)16-11-20-18(24)21-16/h2-5,13,16H,6-12H2,1H3,(H,19,23)(H2,20,21,24)/t16-/m0/s1. The first-order chi connectivity index (χ1) is 11.6. The minimum Gasteiger partial charge on any atom is -0.350 e. The minimum atomic E-state index is -0.478. The summed E-state index contributed by atoms with van der Waals surface area (Å²) in [6, 6.07) is 7.49. The predicted octanol–water partition coefficient (Wildman–Crippen LogP) is 1.22. The highest BCUT2D eigenvalue weighted by Crippen LogP contribution is 2.19. The van der Waals surface area contributed by atoms with Gasteiger partial charge in [-0.05, 0) is 43.0 Å². The maximum absolute atomic E-state index is 12.1. The summed E-state index contributed by atoms with van der Waals surface area (Å²) in [7, 11) is 0. The molecule has 2 aliphatic heterocycles. The molecule has 0 radical (unpaired) electrons. The van der Waals surface area contributed by atoms with Crippen molar-refractivity contribution in [3.8, 4) is 0 Å². The van der Waals surface area contributed by atoms with Gasteiger partial charge >= 0.3 is 6.03 Å². The lowest BCUT2D eigenvalue weighted by Gasteiger charge is -2.30. The van der Waals surface area contributed by atoms with Crippen LogP contribution in [-0.4, -0.2) is 42.5 Å². The first-order valence-corrected chi connectivity index (χ1v) is 8.73. The molecule has 2 fully saturated rings. The second-order valence-electron chi connectivity index (χ2n) is 6.85. The smallest absolute Gasteiger partial charge is 0.315 e. The van der Waals surface area contributed by atoms with Crippen molar-refractivity contribution < 1.29 is 9.59 Å². The van der Waals surface area contributed by atoms with Crippen LogP contribution in [0.1, 0.15) is 30.9 Å². The van der Waals surface area contributed by atoms with Gasteiger partial charge in [0.2, 0.25) is 5.91 Å². The third-order valence-corrected chi connectivity index (χ3v) is 4.93. The van der Waals surface area contributed by atoms with Gasteiger partial charge < -0.3 is 16.0 Å². The van der Waals surface area contributed by atoms with Crippen molar-refractivity contribution in [3.63, 3.8) is 0 Å². The van der Waals surface area contributed by atoms with Gasteiger partial charge in [-0.25, -0.2) is 4.79 Å². The summed E-state index contributed by atoms with van der Waals surface area (Å²) in [5, 5.41) is 8.14. The zero-order valence-electron chi connectivity index (χ0n) is 14.2. The molecule has 0 spiro atoms. The molecule has 0 unspecified atom stereocenters. The van der Waals surface area contributed by atoms with Crippen molar-refractivity contribution in [1.82, 2.24) is 20.9 Å². The Bertz CT molecular complexity index is 596. The molecule has 24 heavy (non-hydrogen) atoms. The third-order valence-electron chi connectivity index (χ3n) is 4.93. The van der Waals surface area contributed by atoms with E-state index in [9.17, 15) is 9.59 Å². The average Bonchev–Trinajstić information content (AvgIpc) is 3.02. The average molecular weight is 330 g/mol. The molecular weight excluding hydrogens is 304 g/mol. The lowest BCUT2D eigenvalue weighted by atomic mass is 9.98. The van der Waals surface area contributed by atoms with Crippen molar-refractivity contribution in [1.29, 1.82) is 0 Å². The second kappa shape index (κ2) is 7.66. The maximum atomic E-state index is 12.1. The summed E-state index contributed by atoms with van der Waals surface area (Å²) < 4.78 is 0. The monoisotopic (exact) mass is 330 g/mol. The highest BCUT2D eigenvalue weighted by atomic mass is 16.2. The van der Waals surface area contributed by atoms with E-state index in [0.717, 1.165) is 31.1 Å². The number of nitrogens with zero attached hydrogens (tertiary/aromatic N) is 1. The molecule has 3 amide bonds. The van der Waals surface area contributed by atoms with Gasteiger partial charge in [-0.3, -0.25) is 9.69 Å². The molecule has 3 N–H and O–H groups in total. The molecule has 2 aliphatic rings. The van der Waals surface area contributed by atoms with Crippen LogP contribution in [0.4, 0.5) is 4.79 Å². The normalized spacial score (nSPS) is 22.0. The van der Waals surface area contributed by atoms with Crippen LogP contribution >= 0.6 is 0 Å². The summed E-state index contributed by atoms with van der Waals surface area (Å²) in [5.74, 6) is 0.681. The number of rotatable bonds is 5. The zero-order chi connectivity index (χ0) is 16.9. The molecule has 130 valence electrons. The summed E-state index contributed by atoms with van der Waals surface area (Å²) in [5.41, 5.74) is 2.41. The van der Waals surface area contributed by atoms with Crippen molar-refractivity contribution >= 4 is 11.9 Å². The Labute approximate surface area is 143 Å². The number of carbonyl (C=O) groups is 2. The number of hydrogen-bond donors (Lipinski definition) is 3. The third kappa shape index (κ3) is 4.26. The molecule has 0 aliphatic carbocycles. The van der Waals surface area contributed by atoms with Gasteiger partial charge in [0, 0.05) is 19.6 Å². The molecule has 6 nitrogen and oxygen atoms in total. The van der Waals surface area contributed by atoms with E-state index in [1.54, 1.807) is 0 Å². The highest BCUT2D eigenvalue weighted by molar-refractivity contribution is 5.90. The summed E-state index contributed by atoms with van der Waals surface area (Å²) >= 11 is 0. The first kappa shape index (κ1) is 16.8. The number of carbonyl (C=O) groups excluding carboxylic acids is 2. The zero-order valence-corrected chi connectivity index (χ0v) is 14.2. The Morgan fingerprint density at radius 3 is 2.62 bits per heavy atom. The summed E-state index contributed by atoms with van der Waals surface area (Å²) in [4.78, 5) is 25.7. The fourth-order valence-electron chi connectivity index (χ4n) is 3.26. The van der Waals surface area contributed by atoms with E-state index >= 15 is 0 Å². The molecule has 1 aromatic carbocycles. The Balaban J connectivity index is 1.55. The van der Waals surface area contributed by atoms with Crippen LogP contribution in [0.25, 0.3) is 0 Å². The quantitative estimate of drug-likeness (QED) is 0.760. The van der Waals surface area contributed by atoms with Gasteiger partial charge in [-0.15, -0.1) is 0 Å². The van der Waals surface area contributed by atoms with Crippen LogP contribution < -0.4 is 16.0 Å². The van der Waals surface area contributed by atoms with E-state index < -0.39 is 6.04 Å². The molecular formula is C18H26N4O2. The van der Waals surface area contributed by atoms with Crippen LogP contribution in [-0.2, 0) is 17.9 Å². The van der Waals surface area contributed by atoms with Crippen LogP contribution in [0.15, 0.2) is 24.3 Å². The first-order valence-electron chi connectivity index (χ1n) is 8.73. The molecule has 1 atom stereocenters. The van der Waals surface area contributed by atoms with E-state index in [-0.39, 0.29) is 11.9 Å². The number of piperidine rings is 1. The van der Waals surface area contributed by atoms with E-state index in [4.69, 9.17) is 0 Å². The Hall–Kier alpha value is -2.08. The predicted molar refractivity (Wildman–Crippen MR) is 92.3 cm³/mol. The lowest BCUT2D eigenvalue weighted by molar-refractivity contribution is -0.122. The van der Waals surface area contributed by atoms with E-state index in [2.05, 4.69) is 39.9 Å². The van der Waals surface area contributed by atoms with Crippen molar-refractivity contribution in [2.45, 2.75) is 38.9 Å². The lowest BCUT2D eigenvalue weighted by Crippen LogP contribution is -2.42. The van der Waals surface area contributed by atoms with Gasteiger partial charge in [0.15, 0.2) is 0 Å². The van der Waals surface area contributed by atoms with Gasteiger partial charge in [-0.2, -0.15) is 0 Å². The second-order valence-corrected chi connectivity index (χ2v) is 6.85. The van der Waals surface area contributed by atoms with Crippen LogP contribution in [0.2, 0.25) is 0 Å². The molecule has 0 saturated carbocycles. The van der Waals surface area contributed by atoms with Crippen molar-refractivity contribution in [3.05, 3.63) is 35.4 Å². The molecule has 2 saturated heterocycles. The van der Waals surface area contributed by atoms with Crippen molar-refractivity contribution in [2.24, 2.45) is 5.92 Å². The van der Waals surface area contributed by atoms with Gasteiger partial charge in [0.05, 0.1) is 0 Å². The largest absolute Gasteiger partial charge is 0.350 e. The Kier molecular flexibility index (Phi) is 5.35. The number of nitrogens with one attached hydrogen (secondary N) is 3. The summed E-state index contributed by atoms with van der Waals surface area (Å²) in [6.07, 6.45) is 2.51. The molecule has 3 rings (SSSR count). The van der Waals surface area contributed by atoms with Crippen LogP contribution in [0.3, 0.4) is 0 Å². The molecule has 2 heterocycles. The number of amides is 3. The number of likely N-dealkylation sites (tertiary alicyclic amines) is 1. The van der Waals surface area contributed by atoms with Crippen LogP contribution in [0.5, 0.6) is 0 Å². The summed E-state index contributed by atoms with van der Waals surface area (Å²) in [6.45, 7) is 6.37. The fourth-order valence-corrected chi connectivity index (χ4v) is 3.26. The Morgan fingerprint density at radius 2 is 1.96 bits per heavy atom. The van der Waals surface area contributed by atoms with E-state index in [1.807, 2.05) is 12.1 Å². The molecule has 0 bridgehead atoms. The van der Waals surface area contributed by atoms with Crippen LogP contribution in [0, 0.1) is 5.92 Å². The van der Waals surface area contributed by atoms with E-state index in [0.29, 0.717) is 13.1 Å². The van der Waals surface area contributed by atoms with Gasteiger partial charge in [0.1, 0.15) is 6.04 Å². The highest BCUT2D eigenvalue weighted by Gasteiger charge is 2.26. The topological polar surface area (TPSA) is 73.5 Å². The van der Waals surface area contributed by atoms with Gasteiger partial charge in [0.25, 0.3) is 0 Å². The fraction of sp³-hybridized carbons (Fsp3) is 0.556. The SMILES string of the molecule is CC1CCN(Cc2ccccc2CNC(=O)[C@@H]2CNC(=O)N2)CC1. The number of hydrogen-bond acceptors (Lipinski definition) is 3. The molecule has 6 heteroatoms. The van der Waals surface area contributed by atoms with E-state index in [1.165, 1.54) is 18.4 Å². The van der Waals surface area contributed by atoms with Gasteiger partial charge in [-0.1, -0.05) is 31.2 Å². The van der Waals surface area contributed by atoms with Crippen molar-refractivity contribution in [2.75, 3.05) is 19.6 Å². The molecule has 1 aromatic rings. The molecule has 0 aromatic heterocycles. The number of benzene rings is 1. The number of urea groups is 1. The maximum Gasteiger partial charge on any atom is 0.315 e. The minimum absolute atomic E-state index is 0.144.